The fourth-order valence-corrected chi connectivity index (χ4v) is 2.04. The summed E-state index contributed by atoms with van der Waals surface area (Å²) < 4.78 is 9.78. The van der Waals surface area contributed by atoms with Crippen LogP contribution in [0.25, 0.3) is 0 Å². The van der Waals surface area contributed by atoms with E-state index in [1.165, 1.54) is 7.11 Å². The van der Waals surface area contributed by atoms with E-state index in [0.717, 1.165) is 5.56 Å². The molecule has 0 aliphatic carbocycles. The molecule has 1 aliphatic heterocycles. The van der Waals surface area contributed by atoms with Crippen LogP contribution in [0.1, 0.15) is 15.9 Å². The Morgan fingerprint density at radius 2 is 2.05 bits per heavy atom. The van der Waals surface area contributed by atoms with Crippen LogP contribution in [0.15, 0.2) is 24.3 Å². The molecule has 0 radical (unpaired) electrons. The summed E-state index contributed by atoms with van der Waals surface area (Å²) in [5.74, 6) is -0.772. The highest BCUT2D eigenvalue weighted by Gasteiger charge is 2.30. The van der Waals surface area contributed by atoms with Crippen molar-refractivity contribution in [3.05, 3.63) is 35.4 Å². The van der Waals surface area contributed by atoms with Crippen molar-refractivity contribution in [2.75, 3.05) is 20.3 Å². The van der Waals surface area contributed by atoms with Crippen LogP contribution in [0.3, 0.4) is 0 Å². The molecule has 1 aromatic carbocycles. The average molecular weight is 278 g/mol. The van der Waals surface area contributed by atoms with Crippen molar-refractivity contribution < 1.29 is 19.1 Å². The summed E-state index contributed by atoms with van der Waals surface area (Å²) in [6.45, 7) is 1.18. The number of amides is 1. The molecule has 0 spiro atoms. The first-order valence-corrected chi connectivity index (χ1v) is 6.40. The van der Waals surface area contributed by atoms with Crippen LogP contribution in [0.2, 0.25) is 0 Å². The zero-order valence-corrected chi connectivity index (χ0v) is 11.3. The summed E-state index contributed by atoms with van der Waals surface area (Å²) in [5, 5.41) is 2.82. The monoisotopic (exact) mass is 278 g/mol. The molecule has 3 N–H and O–H groups in total. The first kappa shape index (κ1) is 14.5. The fraction of sp³-hybridized carbons (Fsp3) is 0.429. The number of carbonyl (C=O) groups excluding carboxylic acids is 2. The predicted molar refractivity (Wildman–Crippen MR) is 71.9 cm³/mol. The molecule has 1 fully saturated rings. The van der Waals surface area contributed by atoms with Crippen molar-refractivity contribution in [3.8, 4) is 0 Å². The normalized spacial score (nSPS) is 21.5. The Balaban J connectivity index is 1.87. The van der Waals surface area contributed by atoms with Gasteiger partial charge in [-0.2, -0.15) is 0 Å². The zero-order valence-electron chi connectivity index (χ0n) is 11.3. The second-order valence-electron chi connectivity index (χ2n) is 4.71. The van der Waals surface area contributed by atoms with Crippen molar-refractivity contribution in [2.45, 2.75) is 12.6 Å². The topological polar surface area (TPSA) is 90.6 Å². The van der Waals surface area contributed by atoms with E-state index in [-0.39, 0.29) is 23.8 Å². The molecular weight excluding hydrogens is 260 g/mol. The molecule has 108 valence electrons. The van der Waals surface area contributed by atoms with Gasteiger partial charge in [-0.25, -0.2) is 4.79 Å². The highest BCUT2D eigenvalue weighted by molar-refractivity contribution is 5.89. The highest BCUT2D eigenvalue weighted by atomic mass is 16.5. The van der Waals surface area contributed by atoms with Crippen LogP contribution >= 0.6 is 0 Å². The van der Waals surface area contributed by atoms with Gasteiger partial charge >= 0.3 is 5.97 Å². The first-order chi connectivity index (χ1) is 9.61. The Labute approximate surface area is 117 Å². The molecule has 1 aliphatic rings. The number of carbonyl (C=O) groups is 2. The van der Waals surface area contributed by atoms with Crippen LogP contribution in [0.5, 0.6) is 0 Å². The Morgan fingerprint density at radius 1 is 1.35 bits per heavy atom. The summed E-state index contributed by atoms with van der Waals surface area (Å²) in [5.41, 5.74) is 7.16. The SMILES string of the molecule is COC(=O)c1ccc(CNC(=O)C2COCC2N)cc1. The second kappa shape index (κ2) is 6.49. The molecule has 2 unspecified atom stereocenters. The molecule has 1 amide bonds. The lowest BCUT2D eigenvalue weighted by Crippen LogP contribution is -2.40. The zero-order chi connectivity index (χ0) is 14.5. The smallest absolute Gasteiger partial charge is 0.337 e. The first-order valence-electron chi connectivity index (χ1n) is 6.40. The van der Waals surface area contributed by atoms with Crippen LogP contribution in [-0.4, -0.2) is 38.2 Å². The van der Waals surface area contributed by atoms with E-state index in [1.54, 1.807) is 24.3 Å². The summed E-state index contributed by atoms with van der Waals surface area (Å²) in [6.07, 6.45) is 0. The van der Waals surface area contributed by atoms with Gasteiger partial charge in [0.2, 0.25) is 5.91 Å². The van der Waals surface area contributed by atoms with E-state index in [2.05, 4.69) is 10.1 Å². The van der Waals surface area contributed by atoms with Gasteiger partial charge < -0.3 is 20.5 Å². The summed E-state index contributed by atoms with van der Waals surface area (Å²) in [6, 6.07) is 6.64. The molecule has 1 saturated heterocycles. The number of hydrogen-bond donors (Lipinski definition) is 2. The van der Waals surface area contributed by atoms with E-state index in [4.69, 9.17) is 10.5 Å². The highest BCUT2D eigenvalue weighted by Crippen LogP contribution is 2.12. The Kier molecular flexibility index (Phi) is 4.70. The minimum absolute atomic E-state index is 0.105. The molecule has 1 heterocycles. The summed E-state index contributed by atoms with van der Waals surface area (Å²) >= 11 is 0. The third-order valence-corrected chi connectivity index (χ3v) is 3.30. The van der Waals surface area contributed by atoms with Gasteiger partial charge in [0.05, 0.1) is 31.8 Å². The van der Waals surface area contributed by atoms with Gasteiger partial charge in [-0.1, -0.05) is 12.1 Å². The lowest BCUT2D eigenvalue weighted by molar-refractivity contribution is -0.125. The Bertz CT molecular complexity index is 486. The van der Waals surface area contributed by atoms with Crippen molar-refractivity contribution in [1.82, 2.24) is 5.32 Å². The molecule has 6 heteroatoms. The third kappa shape index (κ3) is 3.34. The molecule has 20 heavy (non-hydrogen) atoms. The minimum Gasteiger partial charge on any atom is -0.465 e. The summed E-state index contributed by atoms with van der Waals surface area (Å²) in [4.78, 5) is 23.2. The van der Waals surface area contributed by atoms with E-state index < -0.39 is 0 Å². The van der Waals surface area contributed by atoms with Gasteiger partial charge in [0.1, 0.15) is 0 Å². The van der Waals surface area contributed by atoms with Gasteiger partial charge in [0, 0.05) is 12.6 Å². The third-order valence-electron chi connectivity index (χ3n) is 3.30. The molecule has 0 aromatic heterocycles. The maximum Gasteiger partial charge on any atom is 0.337 e. The molecule has 0 saturated carbocycles. The molecule has 6 nitrogen and oxygen atoms in total. The lowest BCUT2D eigenvalue weighted by atomic mass is 10.0. The predicted octanol–water partition coefficient (Wildman–Crippen LogP) is 0.0631. The molecule has 2 rings (SSSR count). The standard InChI is InChI=1S/C14H18N2O4/c1-19-14(18)10-4-2-9(3-5-10)6-16-13(17)11-7-20-8-12(11)15/h2-5,11-12H,6-8,15H2,1H3,(H,16,17). The van der Waals surface area contributed by atoms with Crippen LogP contribution in [0, 0.1) is 5.92 Å². The number of rotatable bonds is 4. The van der Waals surface area contributed by atoms with E-state index in [0.29, 0.717) is 25.3 Å². The van der Waals surface area contributed by atoms with Crippen molar-refractivity contribution in [1.29, 1.82) is 0 Å². The fourth-order valence-electron chi connectivity index (χ4n) is 2.04. The quantitative estimate of drug-likeness (QED) is 0.760. The number of methoxy groups -OCH3 is 1. The van der Waals surface area contributed by atoms with Crippen LogP contribution in [0.4, 0.5) is 0 Å². The van der Waals surface area contributed by atoms with Crippen molar-refractivity contribution >= 4 is 11.9 Å². The van der Waals surface area contributed by atoms with Crippen LogP contribution < -0.4 is 11.1 Å². The average Bonchev–Trinajstić information content (AvgIpc) is 2.90. The number of hydrogen-bond acceptors (Lipinski definition) is 5. The number of benzene rings is 1. The minimum atomic E-state index is -0.380. The van der Waals surface area contributed by atoms with E-state index in [9.17, 15) is 9.59 Å². The second-order valence-corrected chi connectivity index (χ2v) is 4.71. The maximum absolute atomic E-state index is 11.9. The van der Waals surface area contributed by atoms with Crippen molar-refractivity contribution in [2.24, 2.45) is 11.7 Å². The maximum atomic E-state index is 11.9. The van der Waals surface area contributed by atoms with E-state index >= 15 is 0 Å². The van der Waals surface area contributed by atoms with Gasteiger partial charge in [-0.05, 0) is 17.7 Å². The Hall–Kier alpha value is -1.92. The molecule has 0 bridgehead atoms. The number of nitrogens with one attached hydrogen (secondary N) is 1. The number of nitrogens with two attached hydrogens (primary N) is 1. The van der Waals surface area contributed by atoms with Gasteiger partial charge in [0.15, 0.2) is 0 Å². The molecule has 2 atom stereocenters. The van der Waals surface area contributed by atoms with Crippen molar-refractivity contribution in [3.63, 3.8) is 0 Å². The molecule has 1 aromatic rings. The van der Waals surface area contributed by atoms with Gasteiger partial charge in [-0.15, -0.1) is 0 Å². The number of ether oxygens (including phenoxy) is 2. The van der Waals surface area contributed by atoms with Gasteiger partial charge in [-0.3, -0.25) is 4.79 Å². The summed E-state index contributed by atoms with van der Waals surface area (Å²) in [7, 11) is 1.34. The Morgan fingerprint density at radius 3 is 2.60 bits per heavy atom. The lowest BCUT2D eigenvalue weighted by Gasteiger charge is -2.13. The molecular formula is C14H18N2O4. The van der Waals surface area contributed by atoms with Crippen LogP contribution in [-0.2, 0) is 20.8 Å². The number of esters is 1. The van der Waals surface area contributed by atoms with E-state index in [1.807, 2.05) is 0 Å². The largest absolute Gasteiger partial charge is 0.465 e. The van der Waals surface area contributed by atoms with Gasteiger partial charge in [0.25, 0.3) is 0 Å².